The predicted octanol–water partition coefficient (Wildman–Crippen LogP) is 2.04. The smallest absolute Gasteiger partial charge is 0.269 e. The van der Waals surface area contributed by atoms with Gasteiger partial charge in [0.2, 0.25) is 0 Å². The highest BCUT2D eigenvalue weighted by atomic mass is 16.2. The summed E-state index contributed by atoms with van der Waals surface area (Å²) >= 11 is 0. The van der Waals surface area contributed by atoms with Gasteiger partial charge in [-0.1, -0.05) is 0 Å². The zero-order valence-corrected chi connectivity index (χ0v) is 16.1. The Kier molecular flexibility index (Phi) is 4.13. The SMILES string of the molecule is Cc1[nH]c2ccc(-c3nccc(-c4cc5n(n4)CCNC5=O)n3)cc2c1CCN. The Morgan fingerprint density at radius 1 is 1.21 bits per heavy atom. The quantitative estimate of drug-likeness (QED) is 0.496. The first kappa shape index (κ1) is 17.6. The van der Waals surface area contributed by atoms with Gasteiger partial charge < -0.3 is 16.0 Å². The maximum absolute atomic E-state index is 12.0. The van der Waals surface area contributed by atoms with E-state index >= 15 is 0 Å². The molecule has 0 atom stereocenters. The average molecular weight is 387 g/mol. The third-order valence-corrected chi connectivity index (χ3v) is 5.31. The lowest BCUT2D eigenvalue weighted by molar-refractivity contribution is 0.0924. The number of aryl methyl sites for hydroxylation is 1. The van der Waals surface area contributed by atoms with E-state index in [0.717, 1.165) is 28.6 Å². The van der Waals surface area contributed by atoms with Gasteiger partial charge in [-0.3, -0.25) is 9.48 Å². The second-order valence-corrected chi connectivity index (χ2v) is 7.19. The van der Waals surface area contributed by atoms with Gasteiger partial charge >= 0.3 is 0 Å². The number of H-pyrrole nitrogens is 1. The molecular formula is C21H21N7O. The molecule has 0 spiro atoms. The van der Waals surface area contributed by atoms with Crippen molar-refractivity contribution in [3.05, 3.63) is 53.5 Å². The molecule has 1 aliphatic rings. The Labute approximate surface area is 167 Å². The molecule has 4 heterocycles. The first-order valence-electron chi connectivity index (χ1n) is 9.65. The van der Waals surface area contributed by atoms with Gasteiger partial charge in [0.05, 0.1) is 12.2 Å². The molecule has 0 bridgehead atoms. The molecule has 0 saturated carbocycles. The number of aromatic amines is 1. The topological polar surface area (TPSA) is 115 Å². The minimum absolute atomic E-state index is 0.106. The van der Waals surface area contributed by atoms with E-state index in [4.69, 9.17) is 10.7 Å². The van der Waals surface area contributed by atoms with Gasteiger partial charge in [-0.15, -0.1) is 0 Å². The molecule has 1 amide bonds. The van der Waals surface area contributed by atoms with Crippen molar-refractivity contribution in [1.29, 1.82) is 0 Å². The highest BCUT2D eigenvalue weighted by molar-refractivity contribution is 5.94. The van der Waals surface area contributed by atoms with Crippen LogP contribution in [0.4, 0.5) is 0 Å². The van der Waals surface area contributed by atoms with Crippen molar-refractivity contribution in [2.45, 2.75) is 19.9 Å². The number of nitrogens with zero attached hydrogens (tertiary/aromatic N) is 4. The van der Waals surface area contributed by atoms with E-state index in [9.17, 15) is 4.79 Å². The normalized spacial score (nSPS) is 13.5. The number of aromatic nitrogens is 5. The van der Waals surface area contributed by atoms with Gasteiger partial charge in [-0.05, 0) is 55.8 Å². The van der Waals surface area contributed by atoms with E-state index in [2.05, 4.69) is 33.4 Å². The summed E-state index contributed by atoms with van der Waals surface area (Å²) in [6.45, 7) is 3.91. The number of carbonyl (C=O) groups is 1. The van der Waals surface area contributed by atoms with Crippen molar-refractivity contribution in [1.82, 2.24) is 30.0 Å². The molecule has 0 aliphatic carbocycles. The molecule has 0 fully saturated rings. The molecule has 8 nitrogen and oxygen atoms in total. The Hall–Kier alpha value is -3.52. The van der Waals surface area contributed by atoms with E-state index in [1.807, 2.05) is 18.2 Å². The summed E-state index contributed by atoms with van der Waals surface area (Å²) in [6.07, 6.45) is 2.54. The first-order valence-corrected chi connectivity index (χ1v) is 9.65. The molecule has 1 aromatic carbocycles. The third kappa shape index (κ3) is 2.98. The van der Waals surface area contributed by atoms with E-state index < -0.39 is 0 Å². The van der Waals surface area contributed by atoms with Crippen LogP contribution in [0.25, 0.3) is 33.7 Å². The number of hydrogen-bond acceptors (Lipinski definition) is 5. The standard InChI is InChI=1S/C21H21N7O/c1-12-14(4-6-22)15-10-13(2-3-16(15)25-12)20-23-7-5-17(26-20)18-11-19-21(29)24-8-9-28(19)27-18/h2-3,5,7,10-11,25H,4,6,8-9,22H2,1H3,(H,24,29). The van der Waals surface area contributed by atoms with E-state index in [1.165, 1.54) is 5.56 Å². The minimum atomic E-state index is -0.106. The van der Waals surface area contributed by atoms with Crippen LogP contribution in [0, 0.1) is 6.92 Å². The van der Waals surface area contributed by atoms with Crippen LogP contribution in [0.2, 0.25) is 0 Å². The third-order valence-electron chi connectivity index (χ3n) is 5.31. The molecule has 4 N–H and O–H groups in total. The summed E-state index contributed by atoms with van der Waals surface area (Å²) in [5.74, 6) is 0.516. The fraction of sp³-hybridized carbons (Fsp3) is 0.238. The van der Waals surface area contributed by atoms with Crippen molar-refractivity contribution in [2.24, 2.45) is 5.73 Å². The Bertz CT molecular complexity index is 1240. The highest BCUT2D eigenvalue weighted by Crippen LogP contribution is 2.28. The van der Waals surface area contributed by atoms with Crippen molar-refractivity contribution < 1.29 is 4.79 Å². The van der Waals surface area contributed by atoms with Crippen molar-refractivity contribution >= 4 is 16.8 Å². The van der Waals surface area contributed by atoms with Gasteiger partial charge in [0, 0.05) is 34.9 Å². The second-order valence-electron chi connectivity index (χ2n) is 7.19. The number of rotatable bonds is 4. The highest BCUT2D eigenvalue weighted by Gasteiger charge is 2.20. The van der Waals surface area contributed by atoms with Gasteiger partial charge in [0.15, 0.2) is 5.82 Å². The first-order chi connectivity index (χ1) is 14.1. The van der Waals surface area contributed by atoms with Crippen LogP contribution in [0.3, 0.4) is 0 Å². The second kappa shape index (κ2) is 6.82. The number of nitrogens with one attached hydrogen (secondary N) is 2. The van der Waals surface area contributed by atoms with Crippen molar-refractivity contribution in [3.63, 3.8) is 0 Å². The summed E-state index contributed by atoms with van der Waals surface area (Å²) in [4.78, 5) is 24.6. The van der Waals surface area contributed by atoms with Crippen molar-refractivity contribution in [2.75, 3.05) is 13.1 Å². The van der Waals surface area contributed by atoms with E-state index in [0.29, 0.717) is 42.5 Å². The molecular weight excluding hydrogens is 366 g/mol. The maximum atomic E-state index is 12.0. The van der Waals surface area contributed by atoms with Gasteiger partial charge in [0.1, 0.15) is 11.4 Å². The number of fused-ring (bicyclic) bond motifs is 2. The van der Waals surface area contributed by atoms with Crippen LogP contribution in [-0.4, -0.2) is 43.7 Å². The molecule has 29 heavy (non-hydrogen) atoms. The molecule has 3 aromatic heterocycles. The minimum Gasteiger partial charge on any atom is -0.358 e. The Morgan fingerprint density at radius 3 is 2.93 bits per heavy atom. The lowest BCUT2D eigenvalue weighted by Gasteiger charge is -2.13. The lowest BCUT2D eigenvalue weighted by Crippen LogP contribution is -2.35. The number of hydrogen-bond donors (Lipinski definition) is 3. The van der Waals surface area contributed by atoms with Crippen molar-refractivity contribution in [3.8, 4) is 22.8 Å². The zero-order chi connectivity index (χ0) is 20.0. The summed E-state index contributed by atoms with van der Waals surface area (Å²) in [7, 11) is 0. The van der Waals surface area contributed by atoms with Gasteiger partial charge in [-0.2, -0.15) is 5.10 Å². The van der Waals surface area contributed by atoms with Crippen LogP contribution in [0.15, 0.2) is 36.5 Å². The monoisotopic (exact) mass is 387 g/mol. The summed E-state index contributed by atoms with van der Waals surface area (Å²) < 4.78 is 1.73. The fourth-order valence-corrected chi connectivity index (χ4v) is 3.89. The Morgan fingerprint density at radius 2 is 2.10 bits per heavy atom. The van der Waals surface area contributed by atoms with Crippen LogP contribution < -0.4 is 11.1 Å². The molecule has 1 aliphatic heterocycles. The number of nitrogens with two attached hydrogens (primary N) is 1. The fourth-order valence-electron chi connectivity index (χ4n) is 3.89. The molecule has 8 heteroatoms. The molecule has 4 aromatic rings. The maximum Gasteiger partial charge on any atom is 0.269 e. The molecule has 146 valence electrons. The van der Waals surface area contributed by atoms with Crippen LogP contribution in [0.5, 0.6) is 0 Å². The van der Waals surface area contributed by atoms with Gasteiger partial charge in [0.25, 0.3) is 5.91 Å². The molecule has 0 radical (unpaired) electrons. The predicted molar refractivity (Wildman–Crippen MR) is 110 cm³/mol. The largest absolute Gasteiger partial charge is 0.358 e. The number of carbonyl (C=O) groups excluding carboxylic acids is 1. The van der Waals surface area contributed by atoms with E-state index in [-0.39, 0.29) is 5.91 Å². The number of benzene rings is 1. The van der Waals surface area contributed by atoms with E-state index in [1.54, 1.807) is 16.9 Å². The molecule has 0 unspecified atom stereocenters. The van der Waals surface area contributed by atoms with Gasteiger partial charge in [-0.25, -0.2) is 9.97 Å². The molecule has 5 rings (SSSR count). The number of amides is 1. The average Bonchev–Trinajstić information content (AvgIpc) is 3.30. The molecule has 0 saturated heterocycles. The summed E-state index contributed by atoms with van der Waals surface area (Å²) in [5, 5.41) is 8.52. The van der Waals surface area contributed by atoms with Crippen LogP contribution in [0.1, 0.15) is 21.7 Å². The Balaban J connectivity index is 1.56. The van der Waals surface area contributed by atoms with Crippen LogP contribution >= 0.6 is 0 Å². The van der Waals surface area contributed by atoms with Crippen LogP contribution in [-0.2, 0) is 13.0 Å². The zero-order valence-electron chi connectivity index (χ0n) is 16.1. The summed E-state index contributed by atoms with van der Waals surface area (Å²) in [6, 6.07) is 9.75. The lowest BCUT2D eigenvalue weighted by atomic mass is 10.0. The summed E-state index contributed by atoms with van der Waals surface area (Å²) in [5.41, 5.74) is 12.1.